The average Bonchev–Trinajstić information content (AvgIpc) is 3.94. The zero-order valence-electron chi connectivity index (χ0n) is 43.1. The summed E-state index contributed by atoms with van der Waals surface area (Å²) in [5.41, 5.74) is 1.93. The van der Waals surface area contributed by atoms with Gasteiger partial charge < -0.3 is 29.9 Å². The first-order chi connectivity index (χ1) is 33.5. The van der Waals surface area contributed by atoms with Gasteiger partial charge >= 0.3 is 12.2 Å². The van der Waals surface area contributed by atoms with Gasteiger partial charge in [0.05, 0.1) is 23.5 Å². The van der Waals surface area contributed by atoms with E-state index in [1.807, 2.05) is 55.6 Å². The van der Waals surface area contributed by atoms with Crippen LogP contribution < -0.4 is 35.1 Å². The van der Waals surface area contributed by atoms with Gasteiger partial charge in [-0.05, 0) is 140 Å². The number of halogens is 1. The highest BCUT2D eigenvalue weighted by Crippen LogP contribution is 2.41. The number of hydrogen-bond donors (Lipinski definition) is 2. The molecule has 2 saturated heterocycles. The zero-order valence-corrected chi connectivity index (χ0v) is 44.7. The molecule has 71 heavy (non-hydrogen) atoms. The molecule has 18 heteroatoms. The van der Waals surface area contributed by atoms with E-state index in [-0.39, 0.29) is 35.7 Å². The van der Waals surface area contributed by atoms with Crippen molar-refractivity contribution in [2.75, 3.05) is 52.2 Å². The maximum absolute atomic E-state index is 13.0. The lowest BCUT2D eigenvalue weighted by Crippen LogP contribution is -2.54. The number of likely N-dealkylation sites (N-methyl/N-ethyl adjacent to an activating group) is 2. The predicted molar refractivity (Wildman–Crippen MR) is 281 cm³/mol. The molecule has 4 atom stereocenters. The van der Waals surface area contributed by atoms with Crippen molar-refractivity contribution in [1.29, 1.82) is 0 Å². The van der Waals surface area contributed by atoms with Crippen LogP contribution in [0.2, 0.25) is 0 Å². The molecule has 2 N–H and O–H groups in total. The van der Waals surface area contributed by atoms with Crippen LogP contribution in [-0.2, 0) is 28.7 Å². The number of aromatic nitrogens is 2. The molecule has 0 bridgehead atoms. The summed E-state index contributed by atoms with van der Waals surface area (Å²) < 4.78 is 11.5. The molecule has 2 fully saturated rings. The van der Waals surface area contributed by atoms with E-state index < -0.39 is 35.5 Å². The fourth-order valence-corrected chi connectivity index (χ4v) is 8.52. The number of pyridine rings is 2. The van der Waals surface area contributed by atoms with E-state index in [1.54, 1.807) is 98.7 Å². The fraction of sp³-hybridized carbons (Fsp3) is 0.472. The highest BCUT2D eigenvalue weighted by molar-refractivity contribution is 9.10. The Morgan fingerprint density at radius 2 is 1.20 bits per heavy atom. The smallest absolute Gasteiger partial charge is 0.416 e. The van der Waals surface area contributed by atoms with Crippen LogP contribution in [0.3, 0.4) is 0 Å². The number of fused-ring (bicyclic) bond motifs is 2. The summed E-state index contributed by atoms with van der Waals surface area (Å²) in [6.45, 7) is 17.3. The fourth-order valence-electron chi connectivity index (χ4n) is 8.22. The van der Waals surface area contributed by atoms with Crippen LogP contribution >= 0.6 is 15.9 Å². The van der Waals surface area contributed by atoms with Crippen LogP contribution in [0.4, 0.5) is 38.4 Å². The highest BCUT2D eigenvalue weighted by atomic mass is 79.9. The van der Waals surface area contributed by atoms with E-state index in [2.05, 4.69) is 50.6 Å². The number of anilines is 5. The normalized spacial score (nSPS) is 19.5. The minimum absolute atomic E-state index is 0.0246. The molecule has 8 rings (SSSR count). The number of carbonyl (C=O) groups excluding carboxylic acids is 6. The Hall–Kier alpha value is -6.40. The van der Waals surface area contributed by atoms with Gasteiger partial charge in [0.2, 0.25) is 23.6 Å². The first kappa shape index (κ1) is 55.5. The topological polar surface area (TPSA) is 187 Å². The first-order valence-electron chi connectivity index (χ1n) is 24.1. The van der Waals surface area contributed by atoms with Gasteiger partial charge in [0.25, 0.3) is 0 Å². The summed E-state index contributed by atoms with van der Waals surface area (Å²) in [6.07, 6.45) is 4.07. The summed E-state index contributed by atoms with van der Waals surface area (Å²) in [5.74, 6) is 0.886. The van der Waals surface area contributed by atoms with Crippen molar-refractivity contribution in [3.63, 3.8) is 0 Å². The third-order valence-electron chi connectivity index (χ3n) is 11.8. The monoisotopic (exact) mass is 1040 g/mol. The van der Waals surface area contributed by atoms with Crippen LogP contribution in [0, 0.1) is 0 Å². The lowest BCUT2D eigenvalue weighted by molar-refractivity contribution is -0.120. The molecule has 0 aliphatic carbocycles. The lowest BCUT2D eigenvalue weighted by Gasteiger charge is -2.38. The van der Waals surface area contributed by atoms with Crippen molar-refractivity contribution in [2.45, 2.75) is 136 Å². The Morgan fingerprint density at radius 1 is 0.704 bits per heavy atom. The molecule has 4 aliphatic heterocycles. The molecule has 0 radical (unpaired) electrons. The van der Waals surface area contributed by atoms with Crippen LogP contribution in [-0.4, -0.2) is 96.8 Å². The SMILES string of the molecule is CCCCNC.C[C@@H]1C(=O)N(C)c2ccc(Br)nc2N1C(=O)OC(C)(C)C.C[C@@H]1C(=O)N(C)c2ccc(N3C(=O)CCC3c3ccccc3)nc2N1C(=O)OC(C)(C)C.O=C1CCC(c2ccccc2)N1. The predicted octanol–water partition coefficient (Wildman–Crippen LogP) is 9.65. The number of nitrogens with zero attached hydrogens (tertiary/aromatic N) is 7. The van der Waals surface area contributed by atoms with Crippen molar-refractivity contribution in [3.05, 3.63) is 101 Å². The second-order valence-electron chi connectivity index (χ2n) is 19.6. The maximum Gasteiger partial charge on any atom is 0.416 e. The summed E-state index contributed by atoms with van der Waals surface area (Å²) >= 11 is 3.29. The van der Waals surface area contributed by atoms with E-state index in [1.165, 1.54) is 38.0 Å². The molecule has 2 aromatic carbocycles. The zero-order chi connectivity index (χ0) is 52.4. The van der Waals surface area contributed by atoms with E-state index in [4.69, 9.17) is 14.5 Å². The Kier molecular flexibility index (Phi) is 18.9. The van der Waals surface area contributed by atoms with Crippen molar-refractivity contribution in [3.8, 4) is 0 Å². The van der Waals surface area contributed by atoms with Crippen LogP contribution in [0.5, 0.6) is 0 Å². The molecular weight excluding hydrogens is 971 g/mol. The Labute approximate surface area is 426 Å². The number of unbranched alkanes of at least 4 members (excludes halogenated alkanes) is 1. The van der Waals surface area contributed by atoms with Crippen LogP contribution in [0.25, 0.3) is 0 Å². The van der Waals surface area contributed by atoms with Crippen molar-refractivity contribution in [1.82, 2.24) is 20.6 Å². The second kappa shape index (κ2) is 24.1. The van der Waals surface area contributed by atoms with Gasteiger partial charge in [0.15, 0.2) is 11.6 Å². The molecule has 6 amide bonds. The molecule has 2 aromatic heterocycles. The first-order valence-corrected chi connectivity index (χ1v) is 24.9. The third-order valence-corrected chi connectivity index (χ3v) is 12.2. The van der Waals surface area contributed by atoms with Gasteiger partial charge in [-0.3, -0.25) is 24.1 Å². The van der Waals surface area contributed by atoms with Crippen molar-refractivity contribution >= 4 is 80.6 Å². The number of nitrogens with one attached hydrogen (secondary N) is 2. The minimum Gasteiger partial charge on any atom is -0.443 e. The number of ether oxygens (including phenoxy) is 2. The van der Waals surface area contributed by atoms with Crippen LogP contribution in [0.15, 0.2) is 89.5 Å². The average molecular weight is 1040 g/mol. The van der Waals surface area contributed by atoms with Crippen molar-refractivity contribution in [2.24, 2.45) is 0 Å². The van der Waals surface area contributed by atoms with Gasteiger partial charge in [-0.2, -0.15) is 0 Å². The molecule has 17 nitrogen and oxygen atoms in total. The Balaban J connectivity index is 0.000000204. The van der Waals surface area contributed by atoms with Gasteiger partial charge in [-0.1, -0.05) is 74.0 Å². The molecule has 6 heterocycles. The van der Waals surface area contributed by atoms with E-state index >= 15 is 0 Å². The second-order valence-corrected chi connectivity index (χ2v) is 20.4. The van der Waals surface area contributed by atoms with Gasteiger partial charge in [-0.25, -0.2) is 29.4 Å². The summed E-state index contributed by atoms with van der Waals surface area (Å²) in [4.78, 5) is 90.6. The van der Waals surface area contributed by atoms with Gasteiger partial charge in [0, 0.05) is 26.9 Å². The molecule has 382 valence electrons. The number of rotatable bonds is 6. The summed E-state index contributed by atoms with van der Waals surface area (Å²) in [5, 5.41) is 6.00. The Bertz CT molecular complexity index is 2510. The molecule has 0 spiro atoms. The largest absolute Gasteiger partial charge is 0.443 e. The lowest BCUT2D eigenvalue weighted by atomic mass is 10.0. The van der Waals surface area contributed by atoms with Crippen molar-refractivity contribution < 1.29 is 38.2 Å². The highest BCUT2D eigenvalue weighted by Gasteiger charge is 2.43. The molecule has 4 aliphatic rings. The maximum atomic E-state index is 13.0. The van der Waals surface area contributed by atoms with Gasteiger partial charge in [-0.15, -0.1) is 0 Å². The number of benzene rings is 2. The number of carbonyl (C=O) groups is 6. The third kappa shape index (κ3) is 14.1. The molecule has 0 saturated carbocycles. The van der Waals surface area contributed by atoms with E-state index in [9.17, 15) is 28.8 Å². The standard InChI is InChI=1S/C24H28N4O4.C14H18BrN3O3.C10H11NO.C5H13N/c1-15-22(30)26(5)18-11-13-19(25-21(18)27(15)23(31)32-24(2,3)4)28-17(12-14-20(28)29)16-9-7-6-8-10-16;1-8-12(19)17(5)9-6-7-10(15)16-11(9)18(8)13(20)21-14(2,3)4;12-10-7-6-9(11-10)8-4-2-1-3-5-8;1-3-4-5-6-2/h6-11,13,15,17H,12,14H2,1-5H3;6-8H,1-5H3;1-5,9H,6-7H2,(H,11,12);6H,3-5H2,1-2H3/t15-,17?;8-;;/m11../s1. The minimum atomic E-state index is -0.788. The Morgan fingerprint density at radius 3 is 1.65 bits per heavy atom. The van der Waals surface area contributed by atoms with E-state index in [0.717, 1.165) is 18.5 Å². The summed E-state index contributed by atoms with van der Waals surface area (Å²) in [6, 6.07) is 25.5. The quantitative estimate of drug-likeness (QED) is 0.138. The summed E-state index contributed by atoms with van der Waals surface area (Å²) in [7, 11) is 5.30. The number of hydrogen-bond acceptors (Lipinski definition) is 11. The molecule has 4 aromatic rings. The number of amides is 6. The molecular formula is C53H70BrN9O8. The van der Waals surface area contributed by atoms with Crippen LogP contribution in [0.1, 0.15) is 124 Å². The van der Waals surface area contributed by atoms with Gasteiger partial charge in [0.1, 0.15) is 33.7 Å². The molecule has 2 unspecified atom stereocenters. The van der Waals surface area contributed by atoms with E-state index in [0.29, 0.717) is 52.7 Å².